The first kappa shape index (κ1) is 16.3. The molecule has 0 saturated carbocycles. The van der Waals surface area contributed by atoms with Crippen LogP contribution in [0.3, 0.4) is 0 Å². The van der Waals surface area contributed by atoms with E-state index in [1.54, 1.807) is 12.7 Å². The number of amides is 1. The lowest BCUT2D eigenvalue weighted by Crippen LogP contribution is -2.49. The summed E-state index contributed by atoms with van der Waals surface area (Å²) in [5.74, 6) is 0.728. The molecule has 25 heavy (non-hydrogen) atoms. The third-order valence-electron chi connectivity index (χ3n) is 5.51. The number of aryl methyl sites for hydroxylation is 1. The zero-order valence-electron chi connectivity index (χ0n) is 14.5. The number of aromatic nitrogens is 3. The number of nitrogens with zero attached hydrogens (tertiary/aromatic N) is 5. The Morgan fingerprint density at radius 3 is 2.76 bits per heavy atom. The summed E-state index contributed by atoms with van der Waals surface area (Å²) in [7, 11) is 0. The molecule has 1 saturated heterocycles. The van der Waals surface area contributed by atoms with Crippen molar-refractivity contribution in [3.8, 4) is 0 Å². The van der Waals surface area contributed by atoms with Crippen LogP contribution in [-0.4, -0.2) is 63.2 Å². The van der Waals surface area contributed by atoms with E-state index in [2.05, 4.69) is 39.2 Å². The monoisotopic (exact) mass is 339 g/mol. The second kappa shape index (κ2) is 7.35. The topological polar surface area (TPSA) is 54.3 Å². The molecule has 1 atom stereocenters. The lowest BCUT2D eigenvalue weighted by atomic mass is 9.97. The lowest BCUT2D eigenvalue weighted by Gasteiger charge is -2.35. The highest BCUT2D eigenvalue weighted by molar-refractivity contribution is 5.77. The molecule has 6 heteroatoms. The summed E-state index contributed by atoms with van der Waals surface area (Å²) >= 11 is 0. The Labute approximate surface area is 148 Å². The average Bonchev–Trinajstić information content (AvgIpc) is 3.31. The van der Waals surface area contributed by atoms with Gasteiger partial charge in [0.25, 0.3) is 0 Å². The summed E-state index contributed by atoms with van der Waals surface area (Å²) in [5, 5.41) is 4.13. The smallest absolute Gasteiger partial charge is 0.223 e. The molecule has 0 bridgehead atoms. The minimum atomic E-state index is 0.317. The van der Waals surface area contributed by atoms with Gasteiger partial charge in [0.1, 0.15) is 12.7 Å². The molecule has 6 nitrogen and oxygen atoms in total. The van der Waals surface area contributed by atoms with Crippen LogP contribution in [0.25, 0.3) is 0 Å². The predicted molar refractivity (Wildman–Crippen MR) is 95.2 cm³/mol. The molecule has 1 fully saturated rings. The maximum Gasteiger partial charge on any atom is 0.223 e. The van der Waals surface area contributed by atoms with Gasteiger partial charge in [0, 0.05) is 39.1 Å². The van der Waals surface area contributed by atoms with Crippen molar-refractivity contribution in [3.63, 3.8) is 0 Å². The summed E-state index contributed by atoms with van der Waals surface area (Å²) in [6.07, 6.45) is 6.21. The van der Waals surface area contributed by atoms with E-state index in [-0.39, 0.29) is 0 Å². The second-order valence-corrected chi connectivity index (χ2v) is 7.02. The average molecular weight is 339 g/mol. The summed E-state index contributed by atoms with van der Waals surface area (Å²) in [6.45, 7) is 5.38. The van der Waals surface area contributed by atoms with Crippen molar-refractivity contribution in [2.45, 2.75) is 31.7 Å². The number of rotatable bonds is 5. The van der Waals surface area contributed by atoms with Crippen LogP contribution in [0.1, 0.15) is 29.9 Å². The van der Waals surface area contributed by atoms with E-state index in [9.17, 15) is 4.79 Å². The molecule has 1 amide bonds. The van der Waals surface area contributed by atoms with Crippen LogP contribution in [0, 0.1) is 0 Å². The molecule has 0 N–H and O–H groups in total. The fraction of sp³-hybridized carbons (Fsp3) is 0.526. The number of hydrogen-bond donors (Lipinski definition) is 0. The van der Waals surface area contributed by atoms with E-state index >= 15 is 0 Å². The van der Waals surface area contributed by atoms with Crippen LogP contribution >= 0.6 is 0 Å². The van der Waals surface area contributed by atoms with E-state index in [1.807, 2.05) is 9.58 Å². The molecule has 1 aromatic heterocycles. The first-order valence-corrected chi connectivity index (χ1v) is 9.20. The van der Waals surface area contributed by atoms with Crippen molar-refractivity contribution in [2.75, 3.05) is 32.7 Å². The van der Waals surface area contributed by atoms with Gasteiger partial charge in [-0.25, -0.2) is 4.98 Å². The molecular formula is C19H25N5O. The van der Waals surface area contributed by atoms with Gasteiger partial charge >= 0.3 is 0 Å². The van der Waals surface area contributed by atoms with Gasteiger partial charge in [-0.2, -0.15) is 5.10 Å². The number of carbonyl (C=O) groups excluding carboxylic acids is 1. The third kappa shape index (κ3) is 3.74. The van der Waals surface area contributed by atoms with Gasteiger partial charge in [-0.1, -0.05) is 24.3 Å². The zero-order valence-corrected chi connectivity index (χ0v) is 14.5. The minimum Gasteiger partial charge on any atom is -0.340 e. The fourth-order valence-electron chi connectivity index (χ4n) is 4.01. The maximum absolute atomic E-state index is 12.7. The quantitative estimate of drug-likeness (QED) is 0.829. The van der Waals surface area contributed by atoms with Crippen LogP contribution in [0.5, 0.6) is 0 Å². The number of hydrogen-bond acceptors (Lipinski definition) is 4. The Bertz CT molecular complexity index is 706. The number of benzene rings is 1. The van der Waals surface area contributed by atoms with Crippen molar-refractivity contribution in [1.82, 2.24) is 24.6 Å². The number of fused-ring (bicyclic) bond motifs is 1. The van der Waals surface area contributed by atoms with Crippen molar-refractivity contribution < 1.29 is 4.79 Å². The van der Waals surface area contributed by atoms with Crippen LogP contribution in [0.2, 0.25) is 0 Å². The molecular weight excluding hydrogens is 314 g/mol. The highest BCUT2D eigenvalue weighted by Crippen LogP contribution is 2.35. The van der Waals surface area contributed by atoms with Crippen molar-refractivity contribution in [1.29, 1.82) is 0 Å². The molecule has 132 valence electrons. The van der Waals surface area contributed by atoms with Crippen molar-refractivity contribution in [3.05, 3.63) is 48.0 Å². The van der Waals surface area contributed by atoms with E-state index in [4.69, 9.17) is 0 Å². The van der Waals surface area contributed by atoms with Crippen LogP contribution in [0.4, 0.5) is 0 Å². The number of carbonyl (C=O) groups is 1. The Morgan fingerprint density at radius 2 is 1.96 bits per heavy atom. The van der Waals surface area contributed by atoms with Gasteiger partial charge < -0.3 is 4.90 Å². The molecule has 4 rings (SSSR count). The van der Waals surface area contributed by atoms with Crippen LogP contribution in [0.15, 0.2) is 36.9 Å². The molecule has 2 aliphatic rings. The van der Waals surface area contributed by atoms with E-state index in [1.165, 1.54) is 11.1 Å². The third-order valence-corrected chi connectivity index (χ3v) is 5.51. The van der Waals surface area contributed by atoms with Gasteiger partial charge in [-0.15, -0.1) is 0 Å². The summed E-state index contributed by atoms with van der Waals surface area (Å²) in [5.41, 5.74) is 2.82. The molecule has 0 spiro atoms. The molecule has 1 aliphatic carbocycles. The largest absolute Gasteiger partial charge is 0.340 e. The van der Waals surface area contributed by atoms with Gasteiger partial charge in [-0.05, 0) is 29.9 Å². The molecule has 2 aromatic rings. The SMILES string of the molecule is O=C(C[C@H]1CCc2ccccc21)N1CCN(CCn2cncn2)CC1. The summed E-state index contributed by atoms with van der Waals surface area (Å²) in [4.78, 5) is 21.1. The zero-order chi connectivity index (χ0) is 17.1. The maximum atomic E-state index is 12.7. The standard InChI is InChI=1S/C19H25N5O/c25-19(13-17-6-5-16-3-1-2-4-18(16)17)23-10-7-22(8-11-23)9-12-24-15-20-14-21-24/h1-4,14-15,17H,5-13H2/t17-/m1/s1. The highest BCUT2D eigenvalue weighted by Gasteiger charge is 2.27. The Kier molecular flexibility index (Phi) is 4.78. The summed E-state index contributed by atoms with van der Waals surface area (Å²) < 4.78 is 1.86. The van der Waals surface area contributed by atoms with Gasteiger partial charge in [0.05, 0.1) is 6.54 Å². The Hall–Kier alpha value is -2.21. The molecule has 1 aromatic carbocycles. The first-order valence-electron chi connectivity index (χ1n) is 9.20. The Morgan fingerprint density at radius 1 is 1.12 bits per heavy atom. The van der Waals surface area contributed by atoms with Crippen LogP contribution < -0.4 is 0 Å². The lowest BCUT2D eigenvalue weighted by molar-refractivity contribution is -0.133. The minimum absolute atomic E-state index is 0.317. The normalized spacial score (nSPS) is 20.6. The van der Waals surface area contributed by atoms with Crippen molar-refractivity contribution >= 4 is 5.91 Å². The molecule has 2 heterocycles. The van der Waals surface area contributed by atoms with E-state index < -0.39 is 0 Å². The highest BCUT2D eigenvalue weighted by atomic mass is 16.2. The summed E-state index contributed by atoms with van der Waals surface area (Å²) in [6, 6.07) is 8.59. The van der Waals surface area contributed by atoms with Crippen LogP contribution in [-0.2, 0) is 17.8 Å². The molecule has 0 radical (unpaired) electrons. The van der Waals surface area contributed by atoms with E-state index in [0.717, 1.165) is 52.1 Å². The van der Waals surface area contributed by atoms with E-state index in [0.29, 0.717) is 18.2 Å². The molecule has 0 unspecified atom stereocenters. The molecule has 1 aliphatic heterocycles. The second-order valence-electron chi connectivity index (χ2n) is 7.02. The van der Waals surface area contributed by atoms with Crippen molar-refractivity contribution in [2.24, 2.45) is 0 Å². The predicted octanol–water partition coefficient (Wildman–Crippen LogP) is 1.54. The first-order chi connectivity index (χ1) is 12.3. The van der Waals surface area contributed by atoms with Gasteiger partial charge in [-0.3, -0.25) is 14.4 Å². The number of piperazine rings is 1. The van der Waals surface area contributed by atoms with Gasteiger partial charge in [0.15, 0.2) is 0 Å². The van der Waals surface area contributed by atoms with Gasteiger partial charge in [0.2, 0.25) is 5.91 Å². The fourth-order valence-corrected chi connectivity index (χ4v) is 4.01. The Balaban J connectivity index is 1.24.